The minimum Gasteiger partial charge on any atom is -0.492 e. The summed E-state index contributed by atoms with van der Waals surface area (Å²) < 4.78 is 70.5. The summed E-state index contributed by atoms with van der Waals surface area (Å²) in [5.41, 5.74) is 0.413. The molecule has 3 atom stereocenters. The van der Waals surface area contributed by atoms with Crippen molar-refractivity contribution in [3.63, 3.8) is 0 Å². The van der Waals surface area contributed by atoms with Crippen molar-refractivity contribution in [1.82, 2.24) is 0 Å². The van der Waals surface area contributed by atoms with Gasteiger partial charge in [0.05, 0.1) is 24.3 Å². The van der Waals surface area contributed by atoms with Crippen LogP contribution in [0, 0.1) is 11.8 Å². The summed E-state index contributed by atoms with van der Waals surface area (Å²) in [5.74, 6) is -4.00. The topological polar surface area (TPSA) is 103 Å². The van der Waals surface area contributed by atoms with Crippen molar-refractivity contribution < 1.29 is 36.2 Å². The van der Waals surface area contributed by atoms with Gasteiger partial charge in [0, 0.05) is 24.9 Å². The summed E-state index contributed by atoms with van der Waals surface area (Å²) in [6, 6.07) is 9.46. The summed E-state index contributed by atoms with van der Waals surface area (Å²) in [4.78, 5) is 13.0. The van der Waals surface area contributed by atoms with Gasteiger partial charge in [0.2, 0.25) is 5.91 Å². The van der Waals surface area contributed by atoms with Crippen LogP contribution in [0.2, 0.25) is 0 Å². The zero-order valence-corrected chi connectivity index (χ0v) is 23.0. The molecule has 12 heteroatoms. The first-order valence-electron chi connectivity index (χ1n) is 12.0. The molecule has 2 N–H and O–H groups in total. The number of alkyl halides is 2. The van der Waals surface area contributed by atoms with Gasteiger partial charge in [0.1, 0.15) is 16.4 Å². The number of hydrogen-bond acceptors (Lipinski definition) is 6. The van der Waals surface area contributed by atoms with Crippen molar-refractivity contribution >= 4 is 36.5 Å². The Kier molecular flexibility index (Phi) is 9.72. The Morgan fingerprint density at radius 3 is 2.49 bits per heavy atom. The minimum absolute atomic E-state index is 0.0273. The second-order valence-electron chi connectivity index (χ2n) is 8.89. The van der Waals surface area contributed by atoms with Crippen molar-refractivity contribution in [2.24, 2.45) is 11.8 Å². The van der Waals surface area contributed by atoms with Crippen molar-refractivity contribution in [1.29, 1.82) is 0 Å². The van der Waals surface area contributed by atoms with E-state index in [1.807, 2.05) is 6.92 Å². The molecule has 0 spiro atoms. The lowest BCUT2D eigenvalue weighted by molar-refractivity contribution is -0.126. The number of anilines is 2. The van der Waals surface area contributed by atoms with Gasteiger partial charge in [-0.05, 0) is 66.1 Å². The highest BCUT2D eigenvalue weighted by Crippen LogP contribution is 2.36. The molecule has 8 nitrogen and oxygen atoms in total. The van der Waals surface area contributed by atoms with Crippen molar-refractivity contribution in [3.8, 4) is 11.5 Å². The van der Waals surface area contributed by atoms with E-state index >= 15 is 0 Å². The molecule has 1 aliphatic rings. The Morgan fingerprint density at radius 2 is 1.86 bits per heavy atom. The molecule has 1 aliphatic carbocycles. The highest BCUT2D eigenvalue weighted by Gasteiger charge is 2.35. The molecule has 0 aromatic heterocycles. The normalized spacial score (nSPS) is 16.2. The fourth-order valence-corrected chi connectivity index (χ4v) is 5.88. The molecule has 0 heterocycles. The molecule has 204 valence electrons. The SMILES string of the molecule is CCOc1cc(NC(=O)[C@H](C2CCCC2)[C@@H](C)OC)ccc1S(=O)(=O)Nc1cccc(OC(F)(F)P)c1. The van der Waals surface area contributed by atoms with Gasteiger partial charge in [-0.15, -0.1) is 0 Å². The van der Waals surface area contributed by atoms with E-state index in [1.54, 1.807) is 14.0 Å². The van der Waals surface area contributed by atoms with Crippen LogP contribution in [0.3, 0.4) is 0 Å². The molecule has 3 rings (SSSR count). The minimum atomic E-state index is -4.17. The van der Waals surface area contributed by atoms with Crippen LogP contribution in [0.1, 0.15) is 39.5 Å². The van der Waals surface area contributed by atoms with E-state index in [4.69, 9.17) is 9.47 Å². The quantitative estimate of drug-likeness (QED) is 0.335. The molecule has 1 fully saturated rings. The average molecular weight is 559 g/mol. The third-order valence-electron chi connectivity index (χ3n) is 6.23. The third kappa shape index (κ3) is 7.99. The van der Waals surface area contributed by atoms with Crippen LogP contribution < -0.4 is 19.5 Å². The van der Waals surface area contributed by atoms with Crippen molar-refractivity contribution in [3.05, 3.63) is 42.5 Å². The maximum Gasteiger partial charge on any atom is 0.408 e. The zero-order chi connectivity index (χ0) is 27.2. The average Bonchev–Trinajstić information content (AvgIpc) is 3.32. The van der Waals surface area contributed by atoms with Crippen LogP contribution in [0.4, 0.5) is 20.2 Å². The van der Waals surface area contributed by atoms with Crippen LogP contribution in [-0.2, 0) is 19.6 Å². The molecule has 0 saturated heterocycles. The van der Waals surface area contributed by atoms with Crippen LogP contribution in [0.15, 0.2) is 47.4 Å². The smallest absolute Gasteiger partial charge is 0.408 e. The third-order valence-corrected chi connectivity index (χ3v) is 7.77. The molecular formula is C25H33F2N2O6PS. The summed E-state index contributed by atoms with van der Waals surface area (Å²) in [6.07, 6.45) is 3.80. The van der Waals surface area contributed by atoms with Gasteiger partial charge in [0.25, 0.3) is 10.0 Å². The first-order valence-corrected chi connectivity index (χ1v) is 14.1. The van der Waals surface area contributed by atoms with Gasteiger partial charge in [-0.25, -0.2) is 8.42 Å². The van der Waals surface area contributed by atoms with Gasteiger partial charge in [0.15, 0.2) is 0 Å². The lowest BCUT2D eigenvalue weighted by atomic mass is 9.86. The molecule has 1 saturated carbocycles. The van der Waals surface area contributed by atoms with Crippen molar-refractivity contribution in [2.45, 2.75) is 56.4 Å². The van der Waals surface area contributed by atoms with Gasteiger partial charge < -0.3 is 19.5 Å². The monoisotopic (exact) mass is 558 g/mol. The second kappa shape index (κ2) is 12.4. The van der Waals surface area contributed by atoms with E-state index in [0.29, 0.717) is 5.69 Å². The van der Waals surface area contributed by atoms with E-state index in [-0.39, 0.29) is 52.5 Å². The summed E-state index contributed by atoms with van der Waals surface area (Å²) in [7, 11) is -1.35. The molecule has 2 aromatic carbocycles. The standard InChI is InChI=1S/C25H33F2N2O6PS/c1-4-34-21-15-18(28-24(30)23(16(2)33-3)17-8-5-6-9-17)12-13-22(21)37(31,32)29-19-10-7-11-20(14-19)35-25(26,27)36/h7,10-17,23,29H,4-6,8-9,36H2,1-3H3,(H,28,30)/t16-,23+/m1/s1. The summed E-state index contributed by atoms with van der Waals surface area (Å²) >= 11 is 0. The van der Waals surface area contributed by atoms with E-state index in [9.17, 15) is 22.0 Å². The fraction of sp³-hybridized carbons (Fsp3) is 0.480. The van der Waals surface area contributed by atoms with Gasteiger partial charge in [-0.3, -0.25) is 9.52 Å². The molecule has 1 amide bonds. The Bertz CT molecular complexity index is 1190. The summed E-state index contributed by atoms with van der Waals surface area (Å²) in [6.45, 7) is 3.75. The van der Waals surface area contributed by atoms with E-state index < -0.39 is 15.9 Å². The van der Waals surface area contributed by atoms with Crippen LogP contribution >= 0.6 is 9.24 Å². The molecule has 0 radical (unpaired) electrons. The Morgan fingerprint density at radius 1 is 1.16 bits per heavy atom. The predicted molar refractivity (Wildman–Crippen MR) is 141 cm³/mol. The summed E-state index contributed by atoms with van der Waals surface area (Å²) in [5, 5.41) is 2.89. The van der Waals surface area contributed by atoms with Crippen LogP contribution in [0.25, 0.3) is 0 Å². The first kappa shape index (κ1) is 29.1. The number of carbonyl (C=O) groups is 1. The lowest BCUT2D eigenvalue weighted by Crippen LogP contribution is -2.37. The lowest BCUT2D eigenvalue weighted by Gasteiger charge is -2.27. The number of halogens is 2. The molecule has 37 heavy (non-hydrogen) atoms. The number of amides is 1. The second-order valence-corrected chi connectivity index (χ2v) is 11.2. The van der Waals surface area contributed by atoms with Gasteiger partial charge >= 0.3 is 5.85 Å². The Hall–Kier alpha value is -2.49. The van der Waals surface area contributed by atoms with Crippen LogP contribution in [-0.4, -0.2) is 40.0 Å². The number of nitrogens with one attached hydrogen (secondary N) is 2. The van der Waals surface area contributed by atoms with Crippen molar-refractivity contribution in [2.75, 3.05) is 23.8 Å². The number of methoxy groups -OCH3 is 1. The number of rotatable bonds is 12. The molecule has 2 aromatic rings. The van der Waals surface area contributed by atoms with E-state index in [2.05, 4.69) is 14.8 Å². The first-order chi connectivity index (χ1) is 17.4. The number of hydrogen-bond donors (Lipinski definition) is 2. The Balaban J connectivity index is 1.83. The van der Waals surface area contributed by atoms with Gasteiger partial charge in [-0.1, -0.05) is 18.9 Å². The molecule has 0 bridgehead atoms. The maximum absolute atomic E-state index is 13.2. The number of ether oxygens (including phenoxy) is 3. The van der Waals surface area contributed by atoms with E-state index in [0.717, 1.165) is 31.7 Å². The Labute approximate surface area is 218 Å². The number of carbonyl (C=O) groups excluding carboxylic acids is 1. The number of sulfonamides is 1. The highest BCUT2D eigenvalue weighted by molar-refractivity contribution is 7.92. The van der Waals surface area contributed by atoms with Gasteiger partial charge in [-0.2, -0.15) is 8.78 Å². The zero-order valence-electron chi connectivity index (χ0n) is 21.0. The van der Waals surface area contributed by atoms with Crippen LogP contribution in [0.5, 0.6) is 11.5 Å². The molecular weight excluding hydrogens is 525 g/mol. The fourth-order valence-electron chi connectivity index (χ4n) is 4.57. The maximum atomic E-state index is 13.2. The largest absolute Gasteiger partial charge is 0.492 e. The molecule has 0 aliphatic heterocycles. The highest BCUT2D eigenvalue weighted by atomic mass is 32.2. The predicted octanol–water partition coefficient (Wildman–Crippen LogP) is 5.47. The van der Waals surface area contributed by atoms with E-state index in [1.165, 1.54) is 45.6 Å². The molecule has 1 unspecified atom stereocenters. The number of benzene rings is 2.